The maximum absolute atomic E-state index is 10.9. The first-order valence-corrected chi connectivity index (χ1v) is 5.81. The monoisotopic (exact) mass is 237 g/mol. The van der Waals surface area contributed by atoms with E-state index >= 15 is 0 Å². The van der Waals surface area contributed by atoms with Crippen molar-refractivity contribution in [1.29, 1.82) is 0 Å². The number of aromatic nitrogens is 1. The zero-order valence-electron chi connectivity index (χ0n) is 10.3. The Kier molecular flexibility index (Phi) is 5.85. The molecular formula is C12H19N3O2. The van der Waals surface area contributed by atoms with Crippen LogP contribution in [0.3, 0.4) is 0 Å². The first-order valence-electron chi connectivity index (χ1n) is 5.81. The van der Waals surface area contributed by atoms with Crippen molar-refractivity contribution in [2.24, 2.45) is 0 Å². The summed E-state index contributed by atoms with van der Waals surface area (Å²) < 4.78 is 4.47. The minimum absolute atomic E-state index is 0.482. The Balaban J connectivity index is 2.36. The molecule has 0 atom stereocenters. The number of pyridine rings is 1. The number of ether oxygens (including phenoxy) is 1. The van der Waals surface area contributed by atoms with Gasteiger partial charge in [0, 0.05) is 6.54 Å². The average Bonchev–Trinajstić information content (AvgIpc) is 2.36. The summed E-state index contributed by atoms with van der Waals surface area (Å²) in [6.45, 7) is 3.12. The van der Waals surface area contributed by atoms with E-state index in [4.69, 9.17) is 0 Å². The summed E-state index contributed by atoms with van der Waals surface area (Å²) in [5.41, 5.74) is 0.955. The topological polar surface area (TPSA) is 63.2 Å². The summed E-state index contributed by atoms with van der Waals surface area (Å²) in [6.07, 6.45) is 4.77. The molecule has 0 aliphatic carbocycles. The van der Waals surface area contributed by atoms with E-state index in [-0.39, 0.29) is 0 Å². The van der Waals surface area contributed by atoms with Gasteiger partial charge >= 0.3 is 6.09 Å². The van der Waals surface area contributed by atoms with Crippen molar-refractivity contribution in [3.8, 4) is 0 Å². The van der Waals surface area contributed by atoms with Crippen molar-refractivity contribution < 1.29 is 9.53 Å². The van der Waals surface area contributed by atoms with Gasteiger partial charge in [-0.05, 0) is 18.6 Å². The van der Waals surface area contributed by atoms with Crippen LogP contribution < -0.4 is 10.6 Å². The van der Waals surface area contributed by atoms with E-state index in [0.717, 1.165) is 18.7 Å². The van der Waals surface area contributed by atoms with Crippen molar-refractivity contribution in [3.63, 3.8) is 0 Å². The Morgan fingerprint density at radius 2 is 2.24 bits per heavy atom. The summed E-state index contributed by atoms with van der Waals surface area (Å²) in [5, 5.41) is 5.76. The van der Waals surface area contributed by atoms with Crippen molar-refractivity contribution in [2.75, 3.05) is 24.3 Å². The molecule has 0 aliphatic rings. The predicted octanol–water partition coefficient (Wildman–Crippen LogP) is 2.86. The molecule has 5 nitrogen and oxygen atoms in total. The Hall–Kier alpha value is -1.78. The predicted molar refractivity (Wildman–Crippen MR) is 68.3 cm³/mol. The molecule has 0 saturated heterocycles. The molecule has 1 aromatic heterocycles. The van der Waals surface area contributed by atoms with Gasteiger partial charge in [-0.15, -0.1) is 0 Å². The second-order valence-corrected chi connectivity index (χ2v) is 3.68. The number of hydrogen-bond acceptors (Lipinski definition) is 4. The van der Waals surface area contributed by atoms with Gasteiger partial charge in [0.15, 0.2) is 0 Å². The van der Waals surface area contributed by atoms with Gasteiger partial charge in [-0.25, -0.2) is 9.78 Å². The highest BCUT2D eigenvalue weighted by atomic mass is 16.5. The van der Waals surface area contributed by atoms with E-state index in [1.165, 1.54) is 20.0 Å². The minimum Gasteiger partial charge on any atom is -0.453 e. The van der Waals surface area contributed by atoms with Crippen LogP contribution >= 0.6 is 0 Å². The third-order valence-corrected chi connectivity index (χ3v) is 2.29. The summed E-state index contributed by atoms with van der Waals surface area (Å²) >= 11 is 0. The van der Waals surface area contributed by atoms with Crippen LogP contribution in [0.5, 0.6) is 0 Å². The van der Waals surface area contributed by atoms with Gasteiger partial charge in [0.2, 0.25) is 0 Å². The van der Waals surface area contributed by atoms with Gasteiger partial charge < -0.3 is 10.1 Å². The van der Waals surface area contributed by atoms with Crippen LogP contribution in [0.1, 0.15) is 26.2 Å². The number of methoxy groups -OCH3 is 1. The van der Waals surface area contributed by atoms with E-state index in [2.05, 4.69) is 27.3 Å². The normalized spacial score (nSPS) is 9.76. The summed E-state index contributed by atoms with van der Waals surface area (Å²) in [7, 11) is 1.32. The lowest BCUT2D eigenvalue weighted by atomic mass is 10.2. The lowest BCUT2D eigenvalue weighted by molar-refractivity contribution is 0.187. The number of hydrogen-bond donors (Lipinski definition) is 2. The molecule has 5 heteroatoms. The minimum atomic E-state index is -0.513. The molecule has 1 rings (SSSR count). The lowest BCUT2D eigenvalue weighted by Gasteiger charge is -2.06. The third-order valence-electron chi connectivity index (χ3n) is 2.29. The van der Waals surface area contributed by atoms with Crippen molar-refractivity contribution in [3.05, 3.63) is 18.3 Å². The van der Waals surface area contributed by atoms with Crippen LogP contribution in [0.2, 0.25) is 0 Å². The maximum atomic E-state index is 10.9. The average molecular weight is 237 g/mol. The Morgan fingerprint density at radius 1 is 1.41 bits per heavy atom. The van der Waals surface area contributed by atoms with Gasteiger partial charge in [0.1, 0.15) is 5.82 Å². The number of carbonyl (C=O) groups is 1. The smallest absolute Gasteiger partial charge is 0.412 e. The highest BCUT2D eigenvalue weighted by Gasteiger charge is 2.01. The quantitative estimate of drug-likeness (QED) is 0.747. The summed E-state index contributed by atoms with van der Waals surface area (Å²) in [6, 6.07) is 3.61. The molecule has 94 valence electrons. The van der Waals surface area contributed by atoms with Crippen molar-refractivity contribution in [1.82, 2.24) is 4.98 Å². The lowest BCUT2D eigenvalue weighted by Crippen LogP contribution is -2.12. The number of unbranched alkanes of at least 4 members (excludes halogenated alkanes) is 2. The number of anilines is 2. The highest BCUT2D eigenvalue weighted by molar-refractivity contribution is 5.83. The van der Waals surface area contributed by atoms with Crippen molar-refractivity contribution in [2.45, 2.75) is 26.2 Å². The van der Waals surface area contributed by atoms with Crippen LogP contribution in [0.25, 0.3) is 0 Å². The Morgan fingerprint density at radius 3 is 2.82 bits per heavy atom. The number of carbonyl (C=O) groups excluding carboxylic acids is 1. The molecule has 2 N–H and O–H groups in total. The fourth-order valence-electron chi connectivity index (χ4n) is 1.34. The van der Waals surface area contributed by atoms with Gasteiger partial charge in [-0.1, -0.05) is 19.8 Å². The fraction of sp³-hybridized carbons (Fsp3) is 0.500. The number of amides is 1. The standard InChI is InChI=1S/C12H19N3O2/c1-3-4-5-8-13-10-6-7-11(14-9-10)15-12(16)17-2/h6-7,9,13H,3-5,8H2,1-2H3,(H,14,15,16). The van der Waals surface area contributed by atoms with Crippen LogP contribution in [0.4, 0.5) is 16.3 Å². The van der Waals surface area contributed by atoms with Gasteiger partial charge in [-0.3, -0.25) is 5.32 Å². The first-order chi connectivity index (χ1) is 8.26. The zero-order valence-corrected chi connectivity index (χ0v) is 10.3. The SMILES string of the molecule is CCCCCNc1ccc(NC(=O)OC)nc1. The maximum Gasteiger partial charge on any atom is 0.412 e. The molecule has 0 bridgehead atoms. The Bertz CT molecular complexity index is 338. The van der Waals surface area contributed by atoms with Gasteiger partial charge in [0.25, 0.3) is 0 Å². The third kappa shape index (κ3) is 5.19. The molecule has 0 spiro atoms. The van der Waals surface area contributed by atoms with Crippen LogP contribution in [0.15, 0.2) is 18.3 Å². The van der Waals surface area contributed by atoms with E-state index in [1.54, 1.807) is 12.3 Å². The van der Waals surface area contributed by atoms with E-state index in [0.29, 0.717) is 5.82 Å². The molecule has 0 radical (unpaired) electrons. The summed E-state index contributed by atoms with van der Waals surface area (Å²) in [5.74, 6) is 0.482. The van der Waals surface area contributed by atoms with Gasteiger partial charge in [0.05, 0.1) is 19.0 Å². The van der Waals surface area contributed by atoms with Crippen LogP contribution in [0, 0.1) is 0 Å². The molecule has 1 amide bonds. The van der Waals surface area contributed by atoms with E-state index < -0.39 is 6.09 Å². The number of nitrogens with zero attached hydrogens (tertiary/aromatic N) is 1. The second kappa shape index (κ2) is 7.49. The molecular weight excluding hydrogens is 218 g/mol. The van der Waals surface area contributed by atoms with Crippen molar-refractivity contribution >= 4 is 17.6 Å². The fourth-order valence-corrected chi connectivity index (χ4v) is 1.34. The Labute approximate surface area is 102 Å². The van der Waals surface area contributed by atoms with E-state index in [9.17, 15) is 4.79 Å². The first kappa shape index (κ1) is 13.3. The summed E-state index contributed by atoms with van der Waals surface area (Å²) in [4.78, 5) is 15.0. The highest BCUT2D eigenvalue weighted by Crippen LogP contribution is 2.10. The van der Waals surface area contributed by atoms with Crippen LogP contribution in [-0.2, 0) is 4.74 Å². The molecule has 1 aromatic rings. The van der Waals surface area contributed by atoms with Crippen LogP contribution in [-0.4, -0.2) is 24.7 Å². The molecule has 0 fully saturated rings. The second-order valence-electron chi connectivity index (χ2n) is 3.68. The largest absolute Gasteiger partial charge is 0.453 e. The molecule has 0 aliphatic heterocycles. The molecule has 17 heavy (non-hydrogen) atoms. The zero-order chi connectivity index (χ0) is 12.5. The molecule has 0 saturated carbocycles. The van der Waals surface area contributed by atoms with E-state index in [1.807, 2.05) is 6.07 Å². The molecule has 0 aromatic carbocycles. The molecule has 1 heterocycles. The number of nitrogens with one attached hydrogen (secondary N) is 2. The van der Waals surface area contributed by atoms with Gasteiger partial charge in [-0.2, -0.15) is 0 Å². The number of rotatable bonds is 6. The molecule has 0 unspecified atom stereocenters.